The third kappa shape index (κ3) is 6.82. The molecule has 0 atom stereocenters. The van der Waals surface area contributed by atoms with Gasteiger partial charge >= 0.3 is 0 Å². The van der Waals surface area contributed by atoms with Gasteiger partial charge in [-0.25, -0.2) is 0 Å². The van der Waals surface area contributed by atoms with E-state index >= 15 is 0 Å². The van der Waals surface area contributed by atoms with E-state index in [4.69, 9.17) is 0 Å². The molecule has 0 fully saturated rings. The summed E-state index contributed by atoms with van der Waals surface area (Å²) in [5.41, 5.74) is 17.7. The van der Waals surface area contributed by atoms with Crippen molar-refractivity contribution in [1.29, 1.82) is 0 Å². The summed E-state index contributed by atoms with van der Waals surface area (Å²) in [6.45, 7) is 13.7. The lowest BCUT2D eigenvalue weighted by molar-refractivity contribution is 0.590. The standard InChI is InChI=1S/C64H54N4/c1-63(2,3)44-28-32-47(33-29-44)65(51-36-38-59-55(41-51)53-25-14-15-26-57(53)66(59)48-34-30-45(31-35-48)64(4,5)6)49-22-17-23-50(40-49)68-58-27-16-13-24-52(58)54-37-39-60-56(62(54)68)42-61(43-18-9-7-10-19-43)67(60)46-20-11-8-12-21-46/h7-42H,1-6H3. The van der Waals surface area contributed by atoms with Gasteiger partial charge in [0.15, 0.2) is 0 Å². The normalized spacial score (nSPS) is 12.3. The first-order valence-corrected chi connectivity index (χ1v) is 23.8. The van der Waals surface area contributed by atoms with Gasteiger partial charge in [-0.3, -0.25) is 0 Å². The Labute approximate surface area is 398 Å². The van der Waals surface area contributed by atoms with Gasteiger partial charge in [0, 0.05) is 61.1 Å². The lowest BCUT2D eigenvalue weighted by Crippen LogP contribution is -2.13. The van der Waals surface area contributed by atoms with Gasteiger partial charge in [-0.2, -0.15) is 0 Å². The van der Waals surface area contributed by atoms with E-state index in [1.54, 1.807) is 0 Å². The zero-order chi connectivity index (χ0) is 46.3. The minimum Gasteiger partial charge on any atom is -0.310 e. The zero-order valence-electron chi connectivity index (χ0n) is 39.6. The highest BCUT2D eigenvalue weighted by Crippen LogP contribution is 2.44. The summed E-state index contributed by atoms with van der Waals surface area (Å²) in [7, 11) is 0. The molecule has 0 radical (unpaired) electrons. The Morgan fingerprint density at radius 2 is 0.809 bits per heavy atom. The topological polar surface area (TPSA) is 18.0 Å². The lowest BCUT2D eigenvalue weighted by Gasteiger charge is -2.27. The molecule has 0 N–H and O–H groups in total. The molecule has 0 aliphatic heterocycles. The van der Waals surface area contributed by atoms with Crippen molar-refractivity contribution in [3.63, 3.8) is 0 Å². The molecule has 4 nitrogen and oxygen atoms in total. The smallest absolute Gasteiger partial charge is 0.0635 e. The zero-order valence-corrected chi connectivity index (χ0v) is 39.6. The van der Waals surface area contributed by atoms with Gasteiger partial charge in [0.05, 0.1) is 33.3 Å². The lowest BCUT2D eigenvalue weighted by atomic mass is 9.87. The second kappa shape index (κ2) is 15.8. The maximum atomic E-state index is 2.49. The van der Waals surface area contributed by atoms with Crippen LogP contribution in [0.4, 0.5) is 17.1 Å². The third-order valence-corrected chi connectivity index (χ3v) is 13.9. The maximum Gasteiger partial charge on any atom is 0.0635 e. The van der Waals surface area contributed by atoms with E-state index in [0.29, 0.717) is 0 Å². The van der Waals surface area contributed by atoms with E-state index in [1.807, 2.05) is 0 Å². The molecule has 12 aromatic rings. The van der Waals surface area contributed by atoms with Crippen molar-refractivity contribution >= 4 is 71.6 Å². The monoisotopic (exact) mass is 878 g/mol. The van der Waals surface area contributed by atoms with E-state index in [9.17, 15) is 0 Å². The number of para-hydroxylation sites is 3. The minimum absolute atomic E-state index is 0.0246. The quantitative estimate of drug-likeness (QED) is 0.156. The highest BCUT2D eigenvalue weighted by molar-refractivity contribution is 6.19. The van der Waals surface area contributed by atoms with Crippen LogP contribution in [0.5, 0.6) is 0 Å². The number of fused-ring (bicyclic) bond motifs is 8. The number of benzene rings is 9. The Kier molecular flexibility index (Phi) is 9.60. The first kappa shape index (κ1) is 41.4. The second-order valence-electron chi connectivity index (χ2n) is 20.3. The fourth-order valence-corrected chi connectivity index (χ4v) is 10.5. The van der Waals surface area contributed by atoms with Crippen LogP contribution in [0, 0.1) is 0 Å². The van der Waals surface area contributed by atoms with Gasteiger partial charge in [-0.1, -0.05) is 163 Å². The molecule has 12 rings (SSSR count). The van der Waals surface area contributed by atoms with Crippen molar-refractivity contribution in [2.45, 2.75) is 52.4 Å². The molecule has 0 aliphatic rings. The summed E-state index contributed by atoms with van der Waals surface area (Å²) < 4.78 is 7.32. The third-order valence-electron chi connectivity index (χ3n) is 13.9. The molecule has 0 aliphatic carbocycles. The summed E-state index contributed by atoms with van der Waals surface area (Å²) in [5.74, 6) is 0. The van der Waals surface area contributed by atoms with E-state index < -0.39 is 0 Å². The summed E-state index contributed by atoms with van der Waals surface area (Å²) in [6, 6.07) is 80.6. The molecule has 330 valence electrons. The predicted octanol–water partition coefficient (Wildman–Crippen LogP) is 17.6. The highest BCUT2D eigenvalue weighted by atomic mass is 15.1. The van der Waals surface area contributed by atoms with Gasteiger partial charge in [0.25, 0.3) is 0 Å². The van der Waals surface area contributed by atoms with E-state index in [-0.39, 0.29) is 10.8 Å². The molecule has 0 saturated carbocycles. The summed E-state index contributed by atoms with van der Waals surface area (Å²) >= 11 is 0. The molecule has 9 aromatic carbocycles. The van der Waals surface area contributed by atoms with Crippen molar-refractivity contribution < 1.29 is 0 Å². The average Bonchev–Trinajstić information content (AvgIpc) is 4.03. The molecule has 0 unspecified atom stereocenters. The van der Waals surface area contributed by atoms with E-state index in [1.165, 1.54) is 71.2 Å². The fraction of sp³-hybridized carbons (Fsp3) is 0.125. The molecule has 0 saturated heterocycles. The van der Waals surface area contributed by atoms with Gasteiger partial charge in [-0.05, 0) is 125 Å². The van der Waals surface area contributed by atoms with Crippen LogP contribution in [0.15, 0.2) is 218 Å². The molecule has 4 heteroatoms. The van der Waals surface area contributed by atoms with Gasteiger partial charge in [0.2, 0.25) is 0 Å². The average molecular weight is 879 g/mol. The molecule has 0 amide bonds. The van der Waals surface area contributed by atoms with Crippen molar-refractivity contribution in [3.8, 4) is 28.3 Å². The maximum absolute atomic E-state index is 2.49. The van der Waals surface area contributed by atoms with Crippen LogP contribution in [-0.2, 0) is 10.8 Å². The number of nitrogens with zero attached hydrogens (tertiary/aromatic N) is 4. The van der Waals surface area contributed by atoms with Gasteiger partial charge in [0.1, 0.15) is 0 Å². The first-order valence-electron chi connectivity index (χ1n) is 23.8. The molecule has 3 aromatic heterocycles. The fourth-order valence-electron chi connectivity index (χ4n) is 10.5. The van der Waals surface area contributed by atoms with Crippen LogP contribution in [0.1, 0.15) is 52.7 Å². The molecule has 3 heterocycles. The van der Waals surface area contributed by atoms with Crippen LogP contribution in [-0.4, -0.2) is 13.7 Å². The molecule has 0 bridgehead atoms. The van der Waals surface area contributed by atoms with Crippen LogP contribution < -0.4 is 4.90 Å². The SMILES string of the molecule is CC(C)(C)c1ccc(N(c2cccc(-n3c4ccccc4c4ccc5c(cc(-c6ccccc6)n5-c5ccccc5)c43)c2)c2ccc3c(c2)c2ccccc2n3-c2ccc(C(C)(C)C)cc2)cc1. The van der Waals surface area contributed by atoms with Gasteiger partial charge < -0.3 is 18.6 Å². The van der Waals surface area contributed by atoms with Crippen LogP contribution in [0.25, 0.3) is 82.8 Å². The van der Waals surface area contributed by atoms with Crippen molar-refractivity contribution in [2.75, 3.05) is 4.90 Å². The minimum atomic E-state index is 0.0246. The number of rotatable bonds is 7. The van der Waals surface area contributed by atoms with Crippen LogP contribution in [0.3, 0.4) is 0 Å². The van der Waals surface area contributed by atoms with Gasteiger partial charge in [-0.15, -0.1) is 0 Å². The number of aromatic nitrogens is 3. The number of hydrogen-bond acceptors (Lipinski definition) is 1. The molecule has 68 heavy (non-hydrogen) atoms. The molecular formula is C64H54N4. The second-order valence-corrected chi connectivity index (χ2v) is 20.3. The van der Waals surface area contributed by atoms with Crippen molar-refractivity contribution in [3.05, 3.63) is 230 Å². The Balaban J connectivity index is 1.08. The molecule has 0 spiro atoms. The summed E-state index contributed by atoms with van der Waals surface area (Å²) in [6.07, 6.45) is 0. The Hall–Kier alpha value is -8.08. The van der Waals surface area contributed by atoms with Crippen molar-refractivity contribution in [2.24, 2.45) is 0 Å². The largest absolute Gasteiger partial charge is 0.310 e. The molecular weight excluding hydrogens is 825 g/mol. The Bertz CT molecular complexity index is 3830. The van der Waals surface area contributed by atoms with E-state index in [0.717, 1.165) is 39.8 Å². The van der Waals surface area contributed by atoms with Crippen LogP contribution in [0.2, 0.25) is 0 Å². The van der Waals surface area contributed by atoms with Crippen molar-refractivity contribution in [1.82, 2.24) is 13.7 Å². The summed E-state index contributed by atoms with van der Waals surface area (Å²) in [4.78, 5) is 2.43. The summed E-state index contributed by atoms with van der Waals surface area (Å²) in [5, 5.41) is 6.11. The Morgan fingerprint density at radius 3 is 1.49 bits per heavy atom. The number of anilines is 3. The highest BCUT2D eigenvalue weighted by Gasteiger charge is 2.23. The van der Waals surface area contributed by atoms with E-state index in [2.05, 4.69) is 279 Å². The van der Waals surface area contributed by atoms with Crippen LogP contribution >= 0.6 is 0 Å². The first-order chi connectivity index (χ1) is 33.0. The Morgan fingerprint density at radius 1 is 0.309 bits per heavy atom. The number of hydrogen-bond donors (Lipinski definition) is 0. The predicted molar refractivity (Wildman–Crippen MR) is 289 cm³/mol.